The maximum absolute atomic E-state index is 11.4. The molecule has 1 rings (SSSR count). The largest absolute Gasteiger partial charge is 0.493 e. The number of rotatable bonds is 7. The first-order chi connectivity index (χ1) is 9.02. The molecular weight excluding hydrogens is 246 g/mol. The van der Waals surface area contributed by atoms with Crippen molar-refractivity contribution in [3.63, 3.8) is 0 Å². The van der Waals surface area contributed by atoms with Crippen LogP contribution in [0.15, 0.2) is 24.3 Å². The van der Waals surface area contributed by atoms with Gasteiger partial charge in [-0.25, -0.2) is 0 Å². The minimum Gasteiger partial charge on any atom is -0.493 e. The lowest BCUT2D eigenvalue weighted by Gasteiger charge is -2.10. The topological polar surface area (TPSA) is 75.6 Å². The Morgan fingerprint density at radius 3 is 2.47 bits per heavy atom. The lowest BCUT2D eigenvalue weighted by atomic mass is 10.2. The van der Waals surface area contributed by atoms with Gasteiger partial charge in [-0.2, -0.15) is 0 Å². The molecule has 0 aromatic heterocycles. The van der Waals surface area contributed by atoms with Crippen molar-refractivity contribution in [1.29, 1.82) is 0 Å². The third-order valence-corrected chi connectivity index (χ3v) is 2.68. The Morgan fingerprint density at radius 1 is 1.32 bits per heavy atom. The van der Waals surface area contributed by atoms with Gasteiger partial charge >= 0.3 is 5.97 Å². The summed E-state index contributed by atoms with van der Waals surface area (Å²) in [5, 5.41) is 11.0. The minimum atomic E-state index is -1.05. The quantitative estimate of drug-likeness (QED) is 0.785. The minimum absolute atomic E-state index is 0.132. The van der Waals surface area contributed by atoms with Crippen LogP contribution in [0.4, 0.5) is 0 Å². The molecule has 1 aromatic carbocycles. The van der Waals surface area contributed by atoms with Crippen molar-refractivity contribution in [3.8, 4) is 5.75 Å². The highest BCUT2D eigenvalue weighted by Gasteiger charge is 2.13. The SMILES string of the molecule is CCc1ccc(OCCC(=O)NC(C)C(=O)O)cc1. The summed E-state index contributed by atoms with van der Waals surface area (Å²) in [6.45, 7) is 3.72. The lowest BCUT2D eigenvalue weighted by Crippen LogP contribution is -2.38. The van der Waals surface area contributed by atoms with E-state index in [-0.39, 0.29) is 18.9 Å². The molecule has 1 atom stereocenters. The number of benzene rings is 1. The zero-order valence-electron chi connectivity index (χ0n) is 11.2. The number of carbonyl (C=O) groups excluding carboxylic acids is 1. The molecule has 104 valence electrons. The Hall–Kier alpha value is -2.04. The van der Waals surface area contributed by atoms with Crippen LogP contribution in [0, 0.1) is 0 Å². The highest BCUT2D eigenvalue weighted by molar-refractivity contribution is 5.83. The average molecular weight is 265 g/mol. The summed E-state index contributed by atoms with van der Waals surface area (Å²) in [5.41, 5.74) is 1.22. The van der Waals surface area contributed by atoms with E-state index in [4.69, 9.17) is 9.84 Å². The summed E-state index contributed by atoms with van der Waals surface area (Å²) in [7, 11) is 0. The molecule has 5 heteroatoms. The first kappa shape index (κ1) is 15.0. The predicted octanol–water partition coefficient (Wildman–Crippen LogP) is 1.61. The molecule has 0 saturated heterocycles. The van der Waals surface area contributed by atoms with Crippen LogP contribution in [-0.4, -0.2) is 29.6 Å². The van der Waals surface area contributed by atoms with Crippen LogP contribution in [0.1, 0.15) is 25.8 Å². The van der Waals surface area contributed by atoms with E-state index in [9.17, 15) is 9.59 Å². The van der Waals surface area contributed by atoms with Crippen molar-refractivity contribution in [3.05, 3.63) is 29.8 Å². The predicted molar refractivity (Wildman–Crippen MR) is 71.2 cm³/mol. The summed E-state index contributed by atoms with van der Waals surface area (Å²) in [6, 6.07) is 6.79. The number of hydrogen-bond acceptors (Lipinski definition) is 3. The molecule has 2 N–H and O–H groups in total. The Kier molecular flexibility index (Phi) is 5.85. The summed E-state index contributed by atoms with van der Waals surface area (Å²) in [4.78, 5) is 21.9. The van der Waals surface area contributed by atoms with Gasteiger partial charge in [-0.1, -0.05) is 19.1 Å². The van der Waals surface area contributed by atoms with E-state index in [0.29, 0.717) is 5.75 Å². The van der Waals surface area contributed by atoms with Crippen LogP contribution >= 0.6 is 0 Å². The van der Waals surface area contributed by atoms with Crippen molar-refractivity contribution < 1.29 is 19.4 Å². The van der Waals surface area contributed by atoms with E-state index in [1.54, 1.807) is 0 Å². The van der Waals surface area contributed by atoms with Crippen LogP contribution < -0.4 is 10.1 Å². The molecule has 1 amide bonds. The van der Waals surface area contributed by atoms with E-state index < -0.39 is 12.0 Å². The summed E-state index contributed by atoms with van der Waals surface area (Å²) in [6.07, 6.45) is 1.10. The van der Waals surface area contributed by atoms with Gasteiger partial charge in [-0.3, -0.25) is 9.59 Å². The molecule has 0 aliphatic heterocycles. The standard InChI is InChI=1S/C14H19NO4/c1-3-11-4-6-12(7-5-11)19-9-8-13(16)15-10(2)14(17)18/h4-7,10H,3,8-9H2,1-2H3,(H,15,16)(H,17,18). The Balaban J connectivity index is 2.29. The van der Waals surface area contributed by atoms with E-state index in [0.717, 1.165) is 6.42 Å². The van der Waals surface area contributed by atoms with Gasteiger partial charge in [0.15, 0.2) is 0 Å². The highest BCUT2D eigenvalue weighted by atomic mass is 16.5. The first-order valence-corrected chi connectivity index (χ1v) is 6.26. The van der Waals surface area contributed by atoms with Crippen LogP contribution in [0.25, 0.3) is 0 Å². The molecule has 0 bridgehead atoms. The maximum Gasteiger partial charge on any atom is 0.325 e. The van der Waals surface area contributed by atoms with Gasteiger partial charge in [0.2, 0.25) is 5.91 Å². The fourth-order valence-corrected chi connectivity index (χ4v) is 1.46. The molecule has 5 nitrogen and oxygen atoms in total. The van der Waals surface area contributed by atoms with Gasteiger partial charge in [0.05, 0.1) is 13.0 Å². The Morgan fingerprint density at radius 2 is 1.95 bits per heavy atom. The maximum atomic E-state index is 11.4. The third kappa shape index (κ3) is 5.42. The number of carboxylic acids is 1. The molecular formula is C14H19NO4. The number of ether oxygens (including phenoxy) is 1. The van der Waals surface area contributed by atoms with Crippen molar-refractivity contribution in [2.75, 3.05) is 6.61 Å². The van der Waals surface area contributed by atoms with Crippen LogP contribution in [0.5, 0.6) is 5.75 Å². The smallest absolute Gasteiger partial charge is 0.325 e. The summed E-state index contributed by atoms with van der Waals surface area (Å²) >= 11 is 0. The first-order valence-electron chi connectivity index (χ1n) is 6.26. The highest BCUT2D eigenvalue weighted by Crippen LogP contribution is 2.12. The van der Waals surface area contributed by atoms with E-state index in [1.165, 1.54) is 12.5 Å². The second-order valence-corrected chi connectivity index (χ2v) is 4.22. The number of carboxylic acid groups (broad SMARTS) is 1. The van der Waals surface area contributed by atoms with Crippen LogP contribution in [0.2, 0.25) is 0 Å². The molecule has 19 heavy (non-hydrogen) atoms. The molecule has 0 aliphatic carbocycles. The van der Waals surface area contributed by atoms with Crippen molar-refractivity contribution >= 4 is 11.9 Å². The number of hydrogen-bond donors (Lipinski definition) is 2. The van der Waals surface area contributed by atoms with Gasteiger partial charge in [0, 0.05) is 0 Å². The van der Waals surface area contributed by atoms with E-state index >= 15 is 0 Å². The van der Waals surface area contributed by atoms with Gasteiger partial charge in [-0.15, -0.1) is 0 Å². The van der Waals surface area contributed by atoms with Crippen molar-refractivity contribution in [2.24, 2.45) is 0 Å². The molecule has 1 aromatic rings. The molecule has 0 heterocycles. The van der Waals surface area contributed by atoms with Crippen LogP contribution in [-0.2, 0) is 16.0 Å². The average Bonchev–Trinajstić information content (AvgIpc) is 2.39. The Labute approximate surface area is 112 Å². The van der Waals surface area contributed by atoms with Crippen molar-refractivity contribution in [2.45, 2.75) is 32.7 Å². The third-order valence-electron chi connectivity index (χ3n) is 2.68. The lowest BCUT2D eigenvalue weighted by molar-refractivity contribution is -0.141. The second kappa shape index (κ2) is 7.41. The van der Waals surface area contributed by atoms with Gasteiger partial charge < -0.3 is 15.2 Å². The normalized spacial score (nSPS) is 11.7. The molecule has 0 saturated carbocycles. The second-order valence-electron chi connectivity index (χ2n) is 4.22. The molecule has 0 aliphatic rings. The van der Waals surface area contributed by atoms with Crippen LogP contribution in [0.3, 0.4) is 0 Å². The van der Waals surface area contributed by atoms with Crippen molar-refractivity contribution in [1.82, 2.24) is 5.32 Å². The molecule has 1 unspecified atom stereocenters. The monoisotopic (exact) mass is 265 g/mol. The zero-order valence-corrected chi connectivity index (χ0v) is 11.2. The zero-order chi connectivity index (χ0) is 14.3. The molecule has 0 spiro atoms. The molecule has 0 fully saturated rings. The van der Waals surface area contributed by atoms with E-state index in [1.807, 2.05) is 24.3 Å². The summed E-state index contributed by atoms with van der Waals surface area (Å²) in [5.74, 6) is -0.680. The number of amides is 1. The van der Waals surface area contributed by atoms with E-state index in [2.05, 4.69) is 12.2 Å². The Bertz CT molecular complexity index is 428. The number of aliphatic carboxylic acids is 1. The fourth-order valence-electron chi connectivity index (χ4n) is 1.46. The summed E-state index contributed by atoms with van der Waals surface area (Å²) < 4.78 is 5.41. The number of aryl methyl sites for hydroxylation is 1. The number of carbonyl (C=O) groups is 2. The van der Waals surface area contributed by atoms with Gasteiger partial charge in [-0.05, 0) is 31.0 Å². The molecule has 0 radical (unpaired) electrons. The van der Waals surface area contributed by atoms with Gasteiger partial charge in [0.25, 0.3) is 0 Å². The number of nitrogens with one attached hydrogen (secondary N) is 1. The fraction of sp³-hybridized carbons (Fsp3) is 0.429. The van der Waals surface area contributed by atoms with Gasteiger partial charge in [0.1, 0.15) is 11.8 Å².